The van der Waals surface area contributed by atoms with Gasteiger partial charge in [0.15, 0.2) is 0 Å². The Labute approximate surface area is 68.3 Å². The van der Waals surface area contributed by atoms with E-state index in [9.17, 15) is 8.42 Å². The van der Waals surface area contributed by atoms with E-state index in [-0.39, 0.29) is 5.75 Å². The zero-order chi connectivity index (χ0) is 8.91. The number of hydrogen-bond donors (Lipinski definition) is 0. The Morgan fingerprint density at radius 1 is 1.45 bits per heavy atom. The molecule has 0 fully saturated rings. The Morgan fingerprint density at radius 2 is 2.00 bits per heavy atom. The summed E-state index contributed by atoms with van der Waals surface area (Å²) in [5.74, 6) is 0.0633. The second-order valence-corrected chi connectivity index (χ2v) is 4.18. The van der Waals surface area contributed by atoms with Crippen molar-refractivity contribution in [3.05, 3.63) is 0 Å². The van der Waals surface area contributed by atoms with Crippen molar-refractivity contribution in [1.29, 1.82) is 0 Å². The van der Waals surface area contributed by atoms with Gasteiger partial charge in [-0.05, 0) is 13.6 Å². The molecule has 0 aliphatic rings. The van der Waals surface area contributed by atoms with E-state index in [1.54, 1.807) is 0 Å². The zero-order valence-corrected chi connectivity index (χ0v) is 8.02. The van der Waals surface area contributed by atoms with Gasteiger partial charge in [-0.25, -0.2) is 0 Å². The van der Waals surface area contributed by atoms with Crippen LogP contribution in [-0.2, 0) is 14.3 Å². The van der Waals surface area contributed by atoms with Crippen LogP contribution in [0.1, 0.15) is 6.92 Å². The first-order valence-corrected chi connectivity index (χ1v) is 5.06. The molecule has 0 rings (SSSR count). The van der Waals surface area contributed by atoms with Crippen molar-refractivity contribution in [2.24, 2.45) is 0 Å². The van der Waals surface area contributed by atoms with Crippen LogP contribution in [0.5, 0.6) is 0 Å². The van der Waals surface area contributed by atoms with Gasteiger partial charge in [0, 0.05) is 6.54 Å². The molecule has 0 saturated heterocycles. The van der Waals surface area contributed by atoms with Gasteiger partial charge in [-0.1, -0.05) is 6.92 Å². The third-order valence-electron chi connectivity index (χ3n) is 1.52. The van der Waals surface area contributed by atoms with Gasteiger partial charge >= 0.3 is 0 Å². The molecule has 0 aromatic heterocycles. The Bertz CT molecular complexity index is 188. The van der Waals surface area contributed by atoms with Crippen molar-refractivity contribution in [2.45, 2.75) is 6.92 Å². The summed E-state index contributed by atoms with van der Waals surface area (Å²) >= 11 is 0. The first-order valence-electron chi connectivity index (χ1n) is 3.48. The van der Waals surface area contributed by atoms with Crippen molar-refractivity contribution in [1.82, 2.24) is 4.90 Å². The second-order valence-electron chi connectivity index (χ2n) is 2.32. The van der Waals surface area contributed by atoms with Gasteiger partial charge in [0.1, 0.15) is 0 Å². The van der Waals surface area contributed by atoms with E-state index in [0.29, 0.717) is 6.54 Å². The molecule has 0 aromatic rings. The summed E-state index contributed by atoms with van der Waals surface area (Å²) in [6.07, 6.45) is 0. The number of hydrogen-bond acceptors (Lipinski definition) is 4. The molecule has 0 saturated carbocycles. The molecular formula is C6H15NO3S. The Morgan fingerprint density at radius 3 is 2.36 bits per heavy atom. The maximum absolute atomic E-state index is 10.8. The molecular weight excluding hydrogens is 166 g/mol. The summed E-state index contributed by atoms with van der Waals surface area (Å²) in [4.78, 5) is 1.91. The average molecular weight is 181 g/mol. The third-order valence-corrected chi connectivity index (χ3v) is 2.71. The molecule has 0 aliphatic heterocycles. The minimum Gasteiger partial charge on any atom is -0.306 e. The minimum absolute atomic E-state index is 0.0633. The van der Waals surface area contributed by atoms with E-state index < -0.39 is 10.1 Å². The molecule has 11 heavy (non-hydrogen) atoms. The summed E-state index contributed by atoms with van der Waals surface area (Å²) in [5.41, 5.74) is 0. The summed E-state index contributed by atoms with van der Waals surface area (Å²) in [6, 6.07) is 0. The Hall–Kier alpha value is -0.130. The van der Waals surface area contributed by atoms with Crippen molar-refractivity contribution in [3.63, 3.8) is 0 Å². The van der Waals surface area contributed by atoms with Crippen LogP contribution in [0.2, 0.25) is 0 Å². The molecule has 0 unspecified atom stereocenters. The highest BCUT2D eigenvalue weighted by atomic mass is 32.2. The fourth-order valence-corrected chi connectivity index (χ4v) is 1.21. The van der Waals surface area contributed by atoms with Crippen molar-refractivity contribution in [2.75, 3.05) is 33.0 Å². The zero-order valence-electron chi connectivity index (χ0n) is 7.20. The number of rotatable bonds is 5. The van der Waals surface area contributed by atoms with Gasteiger partial charge in [0.05, 0.1) is 12.9 Å². The lowest BCUT2D eigenvalue weighted by atomic mass is 10.6. The van der Waals surface area contributed by atoms with Gasteiger partial charge < -0.3 is 4.90 Å². The van der Waals surface area contributed by atoms with Crippen LogP contribution < -0.4 is 0 Å². The lowest BCUT2D eigenvalue weighted by Gasteiger charge is -2.12. The van der Waals surface area contributed by atoms with Crippen molar-refractivity contribution in [3.8, 4) is 0 Å². The highest BCUT2D eigenvalue weighted by molar-refractivity contribution is 7.86. The van der Waals surface area contributed by atoms with E-state index >= 15 is 0 Å². The monoisotopic (exact) mass is 181 g/mol. The predicted molar refractivity (Wildman–Crippen MR) is 44.0 cm³/mol. The first kappa shape index (κ1) is 10.9. The van der Waals surface area contributed by atoms with Gasteiger partial charge in [-0.3, -0.25) is 4.18 Å². The Kier molecular flexibility index (Phi) is 4.63. The SMILES string of the molecule is CCN(C)CCS(=O)(=O)OC. The van der Waals surface area contributed by atoms with E-state index in [0.717, 1.165) is 6.54 Å². The van der Waals surface area contributed by atoms with Crippen molar-refractivity contribution < 1.29 is 12.6 Å². The Balaban J connectivity index is 3.71. The van der Waals surface area contributed by atoms with E-state index in [1.165, 1.54) is 7.11 Å². The molecule has 0 aromatic carbocycles. The molecule has 0 aliphatic carbocycles. The second kappa shape index (κ2) is 4.69. The molecule has 0 spiro atoms. The highest BCUT2D eigenvalue weighted by Gasteiger charge is 2.08. The third kappa shape index (κ3) is 5.17. The topological polar surface area (TPSA) is 46.6 Å². The first-order chi connectivity index (χ1) is 5.02. The maximum Gasteiger partial charge on any atom is 0.268 e. The summed E-state index contributed by atoms with van der Waals surface area (Å²) in [7, 11) is -0.218. The lowest BCUT2D eigenvalue weighted by Crippen LogP contribution is -2.25. The molecule has 0 heterocycles. The van der Waals surface area contributed by atoms with Crippen LogP contribution in [0.3, 0.4) is 0 Å². The standard InChI is InChI=1S/C6H15NO3S/c1-4-7(2)5-6-11(8,9)10-3/h4-6H2,1-3H3. The lowest BCUT2D eigenvalue weighted by molar-refractivity contribution is 0.355. The van der Waals surface area contributed by atoms with E-state index in [2.05, 4.69) is 4.18 Å². The smallest absolute Gasteiger partial charge is 0.268 e. The van der Waals surface area contributed by atoms with Crippen LogP contribution in [0.4, 0.5) is 0 Å². The summed E-state index contributed by atoms with van der Waals surface area (Å²) in [6.45, 7) is 3.34. The molecule has 0 radical (unpaired) electrons. The fourth-order valence-electron chi connectivity index (χ4n) is 0.509. The van der Waals surface area contributed by atoms with Gasteiger partial charge in [-0.2, -0.15) is 8.42 Å². The number of nitrogens with zero attached hydrogens (tertiary/aromatic N) is 1. The van der Waals surface area contributed by atoms with E-state index in [4.69, 9.17) is 0 Å². The molecule has 5 heteroatoms. The molecule has 0 atom stereocenters. The normalized spacial score (nSPS) is 12.4. The maximum atomic E-state index is 10.8. The van der Waals surface area contributed by atoms with Gasteiger partial charge in [0.25, 0.3) is 10.1 Å². The highest BCUT2D eigenvalue weighted by Crippen LogP contribution is 1.91. The van der Waals surface area contributed by atoms with Crippen LogP contribution in [0, 0.1) is 0 Å². The predicted octanol–water partition coefficient (Wildman–Crippen LogP) is -0.0857. The summed E-state index contributed by atoms with van der Waals surface area (Å²) < 4.78 is 25.8. The molecule has 0 bridgehead atoms. The molecule has 4 nitrogen and oxygen atoms in total. The molecule has 0 amide bonds. The van der Waals surface area contributed by atoms with Crippen LogP contribution >= 0.6 is 0 Å². The minimum atomic E-state index is -3.27. The van der Waals surface area contributed by atoms with Gasteiger partial charge in [-0.15, -0.1) is 0 Å². The summed E-state index contributed by atoms with van der Waals surface area (Å²) in [5, 5.41) is 0. The van der Waals surface area contributed by atoms with Gasteiger partial charge in [0.2, 0.25) is 0 Å². The fraction of sp³-hybridized carbons (Fsp3) is 1.00. The molecule has 68 valence electrons. The largest absolute Gasteiger partial charge is 0.306 e. The average Bonchev–Trinajstić information content (AvgIpc) is 2.00. The van der Waals surface area contributed by atoms with Crippen molar-refractivity contribution >= 4 is 10.1 Å². The van der Waals surface area contributed by atoms with E-state index in [1.807, 2.05) is 18.9 Å². The molecule has 0 N–H and O–H groups in total. The van der Waals surface area contributed by atoms with Crippen LogP contribution in [0.25, 0.3) is 0 Å². The quantitative estimate of drug-likeness (QED) is 0.556. The van der Waals surface area contributed by atoms with Crippen LogP contribution in [-0.4, -0.2) is 46.3 Å². The van der Waals surface area contributed by atoms with Crippen LogP contribution in [0.15, 0.2) is 0 Å².